The van der Waals surface area contributed by atoms with Crippen molar-refractivity contribution < 1.29 is 4.79 Å². The number of carbonyl (C=O) groups is 1. The van der Waals surface area contributed by atoms with Gasteiger partial charge < -0.3 is 5.32 Å². The molecule has 1 unspecified atom stereocenters. The molecule has 106 valence electrons. The van der Waals surface area contributed by atoms with E-state index in [1.54, 1.807) is 0 Å². The number of aryl methyl sites for hydroxylation is 2. The first-order valence-corrected chi connectivity index (χ1v) is 7.60. The van der Waals surface area contributed by atoms with Gasteiger partial charge in [0.05, 0.1) is 22.3 Å². The molecule has 2 rings (SSSR count). The lowest BCUT2D eigenvalue weighted by atomic mass is 9.72. The molecule has 1 fully saturated rings. The van der Waals surface area contributed by atoms with Crippen LogP contribution in [0, 0.1) is 18.3 Å². The Hall–Kier alpha value is -0.680. The summed E-state index contributed by atoms with van der Waals surface area (Å²) in [6.07, 6.45) is 1.40. The van der Waals surface area contributed by atoms with Gasteiger partial charge in [0.15, 0.2) is 0 Å². The number of aromatic nitrogens is 2. The van der Waals surface area contributed by atoms with Crippen molar-refractivity contribution in [3.8, 4) is 0 Å². The second-order valence-corrected chi connectivity index (χ2v) is 6.60. The summed E-state index contributed by atoms with van der Waals surface area (Å²) < 4.78 is 2.78. The van der Waals surface area contributed by atoms with E-state index >= 15 is 0 Å². The summed E-state index contributed by atoms with van der Waals surface area (Å²) in [5.74, 6) is 0.694. The molecule has 0 radical (unpaired) electrons. The summed E-state index contributed by atoms with van der Waals surface area (Å²) in [5.41, 5.74) is 1.71. The third-order valence-electron chi connectivity index (χ3n) is 4.44. The van der Waals surface area contributed by atoms with E-state index in [-0.39, 0.29) is 5.41 Å². The molecular weight excluding hydrogens is 306 g/mol. The predicted molar refractivity (Wildman–Crippen MR) is 79.1 cm³/mol. The van der Waals surface area contributed by atoms with E-state index in [0.29, 0.717) is 18.1 Å². The van der Waals surface area contributed by atoms with Gasteiger partial charge in [0.2, 0.25) is 0 Å². The van der Waals surface area contributed by atoms with Crippen LogP contribution in [0.15, 0.2) is 4.47 Å². The van der Waals surface area contributed by atoms with E-state index in [4.69, 9.17) is 0 Å². The first-order chi connectivity index (χ1) is 8.88. The molecule has 1 atom stereocenters. The topological polar surface area (TPSA) is 46.9 Å². The van der Waals surface area contributed by atoms with Gasteiger partial charge in [-0.05, 0) is 41.7 Å². The Morgan fingerprint density at radius 3 is 2.68 bits per heavy atom. The highest BCUT2D eigenvalue weighted by Gasteiger charge is 2.43. The van der Waals surface area contributed by atoms with Crippen LogP contribution in [0.4, 0.5) is 0 Å². The Labute approximate surface area is 123 Å². The number of carbonyl (C=O) groups excluding carboxylic acids is 1. The lowest BCUT2D eigenvalue weighted by Crippen LogP contribution is -2.39. The summed E-state index contributed by atoms with van der Waals surface area (Å²) in [6.45, 7) is 7.99. The Balaban J connectivity index is 2.25. The van der Waals surface area contributed by atoms with Crippen molar-refractivity contribution >= 4 is 21.7 Å². The van der Waals surface area contributed by atoms with Crippen LogP contribution in [-0.2, 0) is 18.3 Å². The fourth-order valence-electron chi connectivity index (χ4n) is 2.96. The Morgan fingerprint density at radius 1 is 1.58 bits per heavy atom. The standard InChI is InChI=1S/C14H22BrN3O/c1-9(2)14(5-6-16-8-14)12(19)7-11-13(15)10(3)17-18(11)4/h9,16H,5-8H2,1-4H3. The first-order valence-electron chi connectivity index (χ1n) is 6.80. The molecule has 0 aromatic carbocycles. The second-order valence-electron chi connectivity index (χ2n) is 5.81. The molecule has 1 aromatic rings. The highest BCUT2D eigenvalue weighted by atomic mass is 79.9. The number of ketones is 1. The van der Waals surface area contributed by atoms with Gasteiger partial charge in [0.1, 0.15) is 5.78 Å². The molecule has 1 N–H and O–H groups in total. The number of halogens is 1. The molecule has 1 aromatic heterocycles. The average Bonchev–Trinajstić information content (AvgIpc) is 2.92. The van der Waals surface area contributed by atoms with Gasteiger partial charge in [-0.25, -0.2) is 0 Å². The third kappa shape index (κ3) is 2.50. The summed E-state index contributed by atoms with van der Waals surface area (Å²) in [7, 11) is 1.90. The Bertz CT molecular complexity index is 487. The molecule has 0 bridgehead atoms. The van der Waals surface area contributed by atoms with Crippen molar-refractivity contribution in [2.75, 3.05) is 13.1 Å². The summed E-state index contributed by atoms with van der Waals surface area (Å²) >= 11 is 3.54. The fraction of sp³-hybridized carbons (Fsp3) is 0.714. The van der Waals surface area contributed by atoms with Gasteiger partial charge in [-0.15, -0.1) is 0 Å². The van der Waals surface area contributed by atoms with Crippen molar-refractivity contribution in [1.82, 2.24) is 15.1 Å². The van der Waals surface area contributed by atoms with Crippen LogP contribution in [-0.4, -0.2) is 28.7 Å². The number of hydrogen-bond acceptors (Lipinski definition) is 3. The number of rotatable bonds is 4. The maximum Gasteiger partial charge on any atom is 0.146 e. The molecule has 1 aliphatic rings. The number of nitrogens with zero attached hydrogens (tertiary/aromatic N) is 2. The van der Waals surface area contributed by atoms with Crippen molar-refractivity contribution in [1.29, 1.82) is 0 Å². The lowest BCUT2D eigenvalue weighted by molar-refractivity contribution is -0.129. The molecule has 0 amide bonds. The number of Topliss-reactive ketones (excluding diaryl/α,β-unsaturated/α-hetero) is 1. The van der Waals surface area contributed by atoms with Crippen LogP contribution < -0.4 is 5.32 Å². The highest BCUT2D eigenvalue weighted by Crippen LogP contribution is 2.36. The zero-order chi connectivity index (χ0) is 14.2. The zero-order valence-corrected chi connectivity index (χ0v) is 13.7. The molecule has 0 aliphatic carbocycles. The molecule has 2 heterocycles. The molecule has 1 saturated heterocycles. The Morgan fingerprint density at radius 2 is 2.26 bits per heavy atom. The van der Waals surface area contributed by atoms with Gasteiger partial charge in [0.25, 0.3) is 0 Å². The second kappa shape index (κ2) is 5.37. The minimum absolute atomic E-state index is 0.211. The van der Waals surface area contributed by atoms with Crippen LogP contribution >= 0.6 is 15.9 Å². The SMILES string of the molecule is Cc1nn(C)c(CC(=O)C2(C(C)C)CCNC2)c1Br. The number of nitrogens with one attached hydrogen (secondary N) is 1. The quantitative estimate of drug-likeness (QED) is 0.922. The molecule has 19 heavy (non-hydrogen) atoms. The molecule has 5 heteroatoms. The maximum atomic E-state index is 12.8. The van der Waals surface area contributed by atoms with Crippen LogP contribution in [0.2, 0.25) is 0 Å². The van der Waals surface area contributed by atoms with Crippen molar-refractivity contribution in [3.63, 3.8) is 0 Å². The lowest BCUT2D eigenvalue weighted by Gasteiger charge is -2.31. The van der Waals surface area contributed by atoms with E-state index in [1.807, 2.05) is 18.7 Å². The van der Waals surface area contributed by atoms with Gasteiger partial charge in [-0.3, -0.25) is 9.48 Å². The van der Waals surface area contributed by atoms with E-state index in [2.05, 4.69) is 40.2 Å². The third-order valence-corrected chi connectivity index (χ3v) is 5.47. The van der Waals surface area contributed by atoms with Gasteiger partial charge >= 0.3 is 0 Å². The van der Waals surface area contributed by atoms with E-state index in [0.717, 1.165) is 35.4 Å². The summed E-state index contributed by atoms with van der Waals surface area (Å²) in [5, 5.41) is 7.70. The van der Waals surface area contributed by atoms with Crippen LogP contribution in [0.3, 0.4) is 0 Å². The number of hydrogen-bond donors (Lipinski definition) is 1. The molecule has 0 saturated carbocycles. The molecule has 1 aliphatic heterocycles. The van der Waals surface area contributed by atoms with Gasteiger partial charge in [0, 0.05) is 19.0 Å². The van der Waals surface area contributed by atoms with Gasteiger partial charge in [-0.1, -0.05) is 13.8 Å². The van der Waals surface area contributed by atoms with Crippen molar-refractivity contribution in [2.45, 2.75) is 33.6 Å². The normalized spacial score (nSPS) is 23.3. The monoisotopic (exact) mass is 327 g/mol. The van der Waals surface area contributed by atoms with Crippen LogP contribution in [0.25, 0.3) is 0 Å². The van der Waals surface area contributed by atoms with E-state index in [1.165, 1.54) is 0 Å². The molecule has 0 spiro atoms. The minimum atomic E-state index is -0.211. The van der Waals surface area contributed by atoms with E-state index in [9.17, 15) is 4.79 Å². The van der Waals surface area contributed by atoms with Crippen LogP contribution in [0.1, 0.15) is 31.7 Å². The highest BCUT2D eigenvalue weighted by molar-refractivity contribution is 9.10. The average molecular weight is 328 g/mol. The largest absolute Gasteiger partial charge is 0.316 e. The maximum absolute atomic E-state index is 12.8. The van der Waals surface area contributed by atoms with E-state index < -0.39 is 0 Å². The molecule has 4 nitrogen and oxygen atoms in total. The molecular formula is C14H22BrN3O. The first kappa shape index (κ1) is 14.7. The smallest absolute Gasteiger partial charge is 0.146 e. The van der Waals surface area contributed by atoms with Gasteiger partial charge in [-0.2, -0.15) is 5.10 Å². The van der Waals surface area contributed by atoms with Crippen molar-refractivity contribution in [2.24, 2.45) is 18.4 Å². The van der Waals surface area contributed by atoms with Crippen LogP contribution in [0.5, 0.6) is 0 Å². The minimum Gasteiger partial charge on any atom is -0.316 e. The summed E-state index contributed by atoms with van der Waals surface area (Å²) in [6, 6.07) is 0. The fourth-order valence-corrected chi connectivity index (χ4v) is 3.44. The Kier molecular flexibility index (Phi) is 4.16. The zero-order valence-electron chi connectivity index (χ0n) is 12.1. The van der Waals surface area contributed by atoms with Crippen molar-refractivity contribution in [3.05, 3.63) is 15.9 Å². The summed E-state index contributed by atoms with van der Waals surface area (Å²) in [4.78, 5) is 12.8. The predicted octanol–water partition coefficient (Wildman–Crippen LogP) is 2.24.